The molecular formula is C7H15NO2. The number of rotatable bonds is 4. The number of ether oxygens (including phenoxy) is 1. The Morgan fingerprint density at radius 2 is 2.30 bits per heavy atom. The van der Waals surface area contributed by atoms with Gasteiger partial charge in [-0.2, -0.15) is 0 Å². The van der Waals surface area contributed by atoms with Gasteiger partial charge in [-0.25, -0.2) is 0 Å². The van der Waals surface area contributed by atoms with Crippen molar-refractivity contribution in [2.24, 2.45) is 11.7 Å². The van der Waals surface area contributed by atoms with Gasteiger partial charge in [0.1, 0.15) is 0 Å². The van der Waals surface area contributed by atoms with E-state index in [1.54, 1.807) is 0 Å². The number of methoxy groups -OCH3 is 1. The first-order chi connectivity index (χ1) is 4.72. The van der Waals surface area contributed by atoms with Crippen LogP contribution in [0.15, 0.2) is 0 Å². The Morgan fingerprint density at radius 1 is 1.70 bits per heavy atom. The summed E-state index contributed by atoms with van der Waals surface area (Å²) in [7, 11) is 1.40. The van der Waals surface area contributed by atoms with Crippen LogP contribution in [0.4, 0.5) is 0 Å². The van der Waals surface area contributed by atoms with Crippen LogP contribution in [0.5, 0.6) is 0 Å². The van der Waals surface area contributed by atoms with Crippen molar-refractivity contribution in [1.29, 1.82) is 0 Å². The van der Waals surface area contributed by atoms with Crippen LogP contribution in [0, 0.1) is 5.92 Å². The first-order valence-corrected chi connectivity index (χ1v) is 3.50. The molecule has 0 amide bonds. The predicted octanol–water partition coefficient (Wildman–Crippen LogP) is 0.534. The average Bonchev–Trinajstić information content (AvgIpc) is 1.98. The van der Waals surface area contributed by atoms with Crippen molar-refractivity contribution >= 4 is 5.97 Å². The van der Waals surface area contributed by atoms with E-state index in [2.05, 4.69) is 4.74 Å². The third-order valence-electron chi connectivity index (χ3n) is 1.44. The van der Waals surface area contributed by atoms with Crippen molar-refractivity contribution in [3.8, 4) is 0 Å². The molecule has 0 aliphatic rings. The van der Waals surface area contributed by atoms with Gasteiger partial charge in [0.05, 0.1) is 13.0 Å². The highest BCUT2D eigenvalue weighted by Gasteiger charge is 2.10. The van der Waals surface area contributed by atoms with Crippen molar-refractivity contribution in [3.05, 3.63) is 0 Å². The molecule has 0 aromatic rings. The highest BCUT2D eigenvalue weighted by Crippen LogP contribution is 2.05. The van der Waals surface area contributed by atoms with E-state index in [0.717, 1.165) is 12.8 Å². The Hall–Kier alpha value is -0.570. The van der Waals surface area contributed by atoms with Gasteiger partial charge in [0.15, 0.2) is 0 Å². The van der Waals surface area contributed by atoms with E-state index < -0.39 is 0 Å². The van der Waals surface area contributed by atoms with Crippen LogP contribution >= 0.6 is 0 Å². The van der Waals surface area contributed by atoms with Crippen LogP contribution in [0.25, 0.3) is 0 Å². The summed E-state index contributed by atoms with van der Waals surface area (Å²) in [6, 6.07) is 0. The topological polar surface area (TPSA) is 52.3 Å². The van der Waals surface area contributed by atoms with Gasteiger partial charge in [-0.15, -0.1) is 0 Å². The Balaban J connectivity index is 3.41. The fourth-order valence-electron chi connectivity index (χ4n) is 0.743. The van der Waals surface area contributed by atoms with Gasteiger partial charge >= 0.3 is 5.97 Å². The first-order valence-electron chi connectivity index (χ1n) is 3.50. The minimum absolute atomic E-state index is 0.00597. The Labute approximate surface area is 61.5 Å². The van der Waals surface area contributed by atoms with E-state index >= 15 is 0 Å². The second kappa shape index (κ2) is 5.23. The van der Waals surface area contributed by atoms with Crippen molar-refractivity contribution < 1.29 is 9.53 Å². The zero-order valence-corrected chi connectivity index (χ0v) is 6.59. The van der Waals surface area contributed by atoms with Gasteiger partial charge in [-0.1, -0.05) is 6.92 Å². The van der Waals surface area contributed by atoms with Crippen molar-refractivity contribution in [3.63, 3.8) is 0 Å². The second-order valence-corrected chi connectivity index (χ2v) is 2.36. The minimum atomic E-state index is -0.145. The second-order valence-electron chi connectivity index (χ2n) is 2.36. The molecule has 3 heteroatoms. The molecule has 0 heterocycles. The third-order valence-corrected chi connectivity index (χ3v) is 1.44. The van der Waals surface area contributed by atoms with Crippen molar-refractivity contribution in [1.82, 2.24) is 0 Å². The maximum atomic E-state index is 10.8. The fraction of sp³-hybridized carbons (Fsp3) is 0.857. The lowest BCUT2D eigenvalue weighted by Gasteiger charge is -2.06. The van der Waals surface area contributed by atoms with Crippen LogP contribution in [0.3, 0.4) is 0 Å². The quantitative estimate of drug-likeness (QED) is 0.587. The summed E-state index contributed by atoms with van der Waals surface area (Å²) in [6.07, 6.45) is 1.71. The van der Waals surface area contributed by atoms with Gasteiger partial charge in [0.25, 0.3) is 0 Å². The smallest absolute Gasteiger partial charge is 0.308 e. The molecular weight excluding hydrogens is 130 g/mol. The lowest BCUT2D eigenvalue weighted by molar-refractivity contribution is -0.145. The zero-order valence-electron chi connectivity index (χ0n) is 6.59. The third kappa shape index (κ3) is 3.45. The Morgan fingerprint density at radius 3 is 2.70 bits per heavy atom. The lowest BCUT2D eigenvalue weighted by Crippen LogP contribution is -2.14. The summed E-state index contributed by atoms with van der Waals surface area (Å²) in [5.74, 6) is -0.151. The molecule has 0 fully saturated rings. The van der Waals surface area contributed by atoms with Crippen LogP contribution in [0.2, 0.25) is 0 Å². The molecule has 1 unspecified atom stereocenters. The van der Waals surface area contributed by atoms with E-state index in [4.69, 9.17) is 5.73 Å². The summed E-state index contributed by atoms with van der Waals surface area (Å²) in [6.45, 7) is 2.49. The summed E-state index contributed by atoms with van der Waals surface area (Å²) >= 11 is 0. The number of carbonyl (C=O) groups is 1. The number of carbonyl (C=O) groups excluding carboxylic acids is 1. The molecule has 0 radical (unpaired) electrons. The van der Waals surface area contributed by atoms with E-state index in [1.165, 1.54) is 7.11 Å². The van der Waals surface area contributed by atoms with Crippen LogP contribution < -0.4 is 5.73 Å². The molecule has 2 N–H and O–H groups in total. The maximum Gasteiger partial charge on any atom is 0.308 e. The average molecular weight is 145 g/mol. The standard InChI is InChI=1S/C7H15NO2/c1-6(4-3-5-8)7(9)10-2/h6H,3-5,8H2,1-2H3. The lowest BCUT2D eigenvalue weighted by atomic mass is 10.1. The van der Waals surface area contributed by atoms with Crippen molar-refractivity contribution in [2.45, 2.75) is 19.8 Å². The molecule has 0 rings (SSSR count). The van der Waals surface area contributed by atoms with Gasteiger partial charge in [0.2, 0.25) is 0 Å². The normalized spacial score (nSPS) is 12.7. The minimum Gasteiger partial charge on any atom is -0.469 e. The molecule has 0 bridgehead atoms. The molecule has 60 valence electrons. The molecule has 10 heavy (non-hydrogen) atoms. The molecule has 3 nitrogen and oxygen atoms in total. The largest absolute Gasteiger partial charge is 0.469 e. The number of hydrogen-bond acceptors (Lipinski definition) is 3. The van der Waals surface area contributed by atoms with Crippen molar-refractivity contribution in [2.75, 3.05) is 13.7 Å². The van der Waals surface area contributed by atoms with Crippen LogP contribution in [-0.2, 0) is 9.53 Å². The molecule has 0 aromatic heterocycles. The highest BCUT2D eigenvalue weighted by molar-refractivity contribution is 5.71. The molecule has 0 aliphatic carbocycles. The summed E-state index contributed by atoms with van der Waals surface area (Å²) in [4.78, 5) is 10.8. The highest BCUT2D eigenvalue weighted by atomic mass is 16.5. The van der Waals surface area contributed by atoms with Crippen LogP contribution in [0.1, 0.15) is 19.8 Å². The Bertz CT molecular complexity index is 104. The van der Waals surface area contributed by atoms with Crippen LogP contribution in [-0.4, -0.2) is 19.6 Å². The molecule has 0 saturated carbocycles. The van der Waals surface area contributed by atoms with Gasteiger partial charge < -0.3 is 10.5 Å². The SMILES string of the molecule is COC(=O)C(C)CCCN. The number of nitrogens with two attached hydrogens (primary N) is 1. The maximum absolute atomic E-state index is 10.8. The number of hydrogen-bond donors (Lipinski definition) is 1. The Kier molecular flexibility index (Phi) is 4.94. The molecule has 1 atom stereocenters. The summed E-state index contributed by atoms with van der Waals surface area (Å²) in [5.41, 5.74) is 5.27. The van der Waals surface area contributed by atoms with E-state index in [0.29, 0.717) is 6.54 Å². The van der Waals surface area contributed by atoms with E-state index in [1.807, 2.05) is 6.92 Å². The first kappa shape index (κ1) is 9.43. The van der Waals surface area contributed by atoms with Gasteiger partial charge in [0, 0.05) is 0 Å². The van der Waals surface area contributed by atoms with Gasteiger partial charge in [-0.3, -0.25) is 4.79 Å². The summed E-state index contributed by atoms with van der Waals surface area (Å²) in [5, 5.41) is 0. The molecule has 0 spiro atoms. The monoisotopic (exact) mass is 145 g/mol. The molecule has 0 aliphatic heterocycles. The predicted molar refractivity (Wildman–Crippen MR) is 39.5 cm³/mol. The summed E-state index contributed by atoms with van der Waals surface area (Å²) < 4.78 is 4.53. The number of esters is 1. The molecule has 0 aromatic carbocycles. The zero-order chi connectivity index (χ0) is 7.98. The van der Waals surface area contributed by atoms with Gasteiger partial charge in [-0.05, 0) is 19.4 Å². The fourth-order valence-corrected chi connectivity index (χ4v) is 0.743. The molecule has 0 saturated heterocycles. The van der Waals surface area contributed by atoms with E-state index in [-0.39, 0.29) is 11.9 Å². The van der Waals surface area contributed by atoms with E-state index in [9.17, 15) is 4.79 Å².